The number of nitrogens with zero attached hydrogens (tertiary/aromatic N) is 1. The molecule has 0 amide bonds. The van der Waals surface area contributed by atoms with E-state index in [1.165, 1.54) is 44.5 Å². The molecule has 78 valence electrons. The van der Waals surface area contributed by atoms with Crippen LogP contribution in [0.25, 0.3) is 0 Å². The van der Waals surface area contributed by atoms with Gasteiger partial charge in [0.15, 0.2) is 0 Å². The Morgan fingerprint density at radius 3 is 2.57 bits per heavy atom. The van der Waals surface area contributed by atoms with Gasteiger partial charge in [-0.25, -0.2) is 0 Å². The van der Waals surface area contributed by atoms with Gasteiger partial charge in [-0.3, -0.25) is 0 Å². The summed E-state index contributed by atoms with van der Waals surface area (Å²) in [6.45, 7) is 7.11. The molecule has 1 heterocycles. The number of likely N-dealkylation sites (tertiary alicyclic amines) is 1. The predicted octanol–water partition coefficient (Wildman–Crippen LogP) is 3.34. The summed E-state index contributed by atoms with van der Waals surface area (Å²) in [4.78, 5) is 2.56. The minimum atomic E-state index is 0.733. The fourth-order valence-electron chi connectivity index (χ4n) is 2.57. The topological polar surface area (TPSA) is 3.24 Å². The maximum Gasteiger partial charge on any atom is 0.0327 e. The first-order valence-electron chi connectivity index (χ1n) is 5.89. The second-order valence-electron chi connectivity index (χ2n) is 4.81. The van der Waals surface area contributed by atoms with Crippen LogP contribution in [0.15, 0.2) is 23.4 Å². The molecule has 0 spiro atoms. The first-order valence-corrected chi connectivity index (χ1v) is 5.89. The lowest BCUT2D eigenvalue weighted by Crippen LogP contribution is -2.29. The van der Waals surface area contributed by atoms with E-state index in [9.17, 15) is 0 Å². The second kappa shape index (κ2) is 4.20. The number of hydrogen-bond donors (Lipinski definition) is 0. The van der Waals surface area contributed by atoms with Gasteiger partial charge in [0.2, 0.25) is 0 Å². The van der Waals surface area contributed by atoms with Crippen molar-refractivity contribution in [2.45, 2.75) is 39.5 Å². The van der Waals surface area contributed by atoms with Gasteiger partial charge in [0.05, 0.1) is 0 Å². The summed E-state index contributed by atoms with van der Waals surface area (Å²) in [6.07, 6.45) is 10.2. The normalized spacial score (nSPS) is 28.4. The van der Waals surface area contributed by atoms with E-state index in [4.69, 9.17) is 0 Å². The van der Waals surface area contributed by atoms with Gasteiger partial charge < -0.3 is 4.90 Å². The third kappa shape index (κ3) is 2.20. The highest BCUT2D eigenvalue weighted by Crippen LogP contribution is 2.25. The first-order chi connectivity index (χ1) is 6.75. The lowest BCUT2D eigenvalue weighted by Gasteiger charge is -2.32. The van der Waals surface area contributed by atoms with Crippen LogP contribution in [0.2, 0.25) is 0 Å². The van der Waals surface area contributed by atoms with Crippen LogP contribution in [-0.4, -0.2) is 18.0 Å². The molecule has 0 bridgehead atoms. The van der Waals surface area contributed by atoms with E-state index in [-0.39, 0.29) is 0 Å². The Labute approximate surface area is 87.5 Å². The van der Waals surface area contributed by atoms with Crippen LogP contribution in [0.3, 0.4) is 0 Å². The zero-order valence-corrected chi connectivity index (χ0v) is 9.42. The summed E-state index contributed by atoms with van der Waals surface area (Å²) in [7, 11) is 0. The maximum atomic E-state index is 2.56. The van der Waals surface area contributed by atoms with E-state index >= 15 is 0 Å². The molecule has 0 aromatic carbocycles. The molecule has 14 heavy (non-hydrogen) atoms. The third-order valence-electron chi connectivity index (χ3n) is 3.21. The van der Waals surface area contributed by atoms with E-state index in [0.717, 1.165) is 5.92 Å². The zero-order chi connectivity index (χ0) is 9.97. The summed E-state index contributed by atoms with van der Waals surface area (Å²) >= 11 is 0. The molecule has 1 heteroatoms. The van der Waals surface area contributed by atoms with Crippen molar-refractivity contribution >= 4 is 0 Å². The highest BCUT2D eigenvalue weighted by Gasteiger charge is 2.15. The van der Waals surface area contributed by atoms with Crippen molar-refractivity contribution in [3.05, 3.63) is 23.4 Å². The molecule has 1 unspecified atom stereocenters. The highest BCUT2D eigenvalue weighted by atomic mass is 15.1. The van der Waals surface area contributed by atoms with Gasteiger partial charge in [0.1, 0.15) is 0 Å². The molecule has 1 saturated heterocycles. The lowest BCUT2D eigenvalue weighted by molar-refractivity contribution is 0.289. The molecule has 1 aliphatic carbocycles. The maximum absolute atomic E-state index is 2.56. The fourth-order valence-corrected chi connectivity index (χ4v) is 2.57. The van der Waals surface area contributed by atoms with E-state index in [0.29, 0.717) is 0 Å². The van der Waals surface area contributed by atoms with Gasteiger partial charge in [-0.1, -0.05) is 18.6 Å². The summed E-state index contributed by atoms with van der Waals surface area (Å²) in [6, 6.07) is 0. The van der Waals surface area contributed by atoms with Gasteiger partial charge in [-0.15, -0.1) is 0 Å². The molecule has 1 aliphatic heterocycles. The number of piperidine rings is 1. The second-order valence-corrected chi connectivity index (χ2v) is 4.81. The van der Waals surface area contributed by atoms with Gasteiger partial charge in [-0.05, 0) is 44.6 Å². The standard InChI is InChI=1S/C13H21N/c1-11-8-12(2)10-13(9-11)14-6-4-3-5-7-14/h9-11H,3-8H2,1-2H3. The smallest absolute Gasteiger partial charge is 0.0327 e. The molecule has 0 aromatic heterocycles. The Bertz CT molecular complexity index is 256. The molecule has 0 radical (unpaired) electrons. The van der Waals surface area contributed by atoms with Crippen molar-refractivity contribution in [1.82, 2.24) is 4.90 Å². The molecule has 1 nitrogen and oxygen atoms in total. The van der Waals surface area contributed by atoms with Crippen LogP contribution < -0.4 is 0 Å². The summed E-state index contributed by atoms with van der Waals surface area (Å²) in [5, 5.41) is 0. The van der Waals surface area contributed by atoms with Crippen LogP contribution in [-0.2, 0) is 0 Å². The lowest BCUT2D eigenvalue weighted by atomic mass is 9.94. The van der Waals surface area contributed by atoms with E-state index in [1.807, 2.05) is 0 Å². The molecule has 0 saturated carbocycles. The Kier molecular flexibility index (Phi) is 2.95. The summed E-state index contributed by atoms with van der Waals surface area (Å²) < 4.78 is 0. The fraction of sp³-hybridized carbons (Fsp3) is 0.692. The summed E-state index contributed by atoms with van der Waals surface area (Å²) in [5.74, 6) is 0.733. The zero-order valence-electron chi connectivity index (χ0n) is 9.42. The molecular formula is C13H21N. The van der Waals surface area contributed by atoms with Gasteiger partial charge in [0, 0.05) is 18.8 Å². The van der Waals surface area contributed by atoms with Gasteiger partial charge in [-0.2, -0.15) is 0 Å². The van der Waals surface area contributed by atoms with Crippen molar-refractivity contribution in [2.24, 2.45) is 5.92 Å². The largest absolute Gasteiger partial charge is 0.372 e. The molecule has 1 fully saturated rings. The van der Waals surface area contributed by atoms with Crippen molar-refractivity contribution in [2.75, 3.05) is 13.1 Å². The molecule has 0 aromatic rings. The van der Waals surface area contributed by atoms with E-state index in [1.54, 1.807) is 5.57 Å². The molecule has 1 atom stereocenters. The van der Waals surface area contributed by atoms with E-state index in [2.05, 4.69) is 30.9 Å². The van der Waals surface area contributed by atoms with Crippen LogP contribution in [0.1, 0.15) is 39.5 Å². The van der Waals surface area contributed by atoms with Gasteiger partial charge >= 0.3 is 0 Å². The highest BCUT2D eigenvalue weighted by molar-refractivity contribution is 5.27. The Morgan fingerprint density at radius 2 is 1.93 bits per heavy atom. The Balaban J connectivity index is 2.08. The Hall–Kier alpha value is -0.720. The average Bonchev–Trinajstić information content (AvgIpc) is 2.18. The van der Waals surface area contributed by atoms with Crippen LogP contribution in [0, 0.1) is 5.92 Å². The number of rotatable bonds is 1. The SMILES string of the molecule is CC1=CC(N2CCCCC2)=CC(C)C1. The van der Waals surface area contributed by atoms with Crippen LogP contribution in [0.5, 0.6) is 0 Å². The van der Waals surface area contributed by atoms with Crippen molar-refractivity contribution in [3.8, 4) is 0 Å². The molecule has 2 rings (SSSR count). The van der Waals surface area contributed by atoms with Gasteiger partial charge in [0.25, 0.3) is 0 Å². The van der Waals surface area contributed by atoms with Crippen molar-refractivity contribution < 1.29 is 0 Å². The van der Waals surface area contributed by atoms with Crippen LogP contribution in [0.4, 0.5) is 0 Å². The number of hydrogen-bond acceptors (Lipinski definition) is 1. The monoisotopic (exact) mass is 191 g/mol. The predicted molar refractivity (Wildman–Crippen MR) is 61.0 cm³/mol. The molecule has 0 N–H and O–H groups in total. The van der Waals surface area contributed by atoms with Crippen molar-refractivity contribution in [1.29, 1.82) is 0 Å². The van der Waals surface area contributed by atoms with Crippen LogP contribution >= 0.6 is 0 Å². The first kappa shape index (κ1) is 9.82. The minimum absolute atomic E-state index is 0.733. The molecular weight excluding hydrogens is 170 g/mol. The summed E-state index contributed by atoms with van der Waals surface area (Å²) in [5.41, 5.74) is 3.03. The quantitative estimate of drug-likeness (QED) is 0.614. The van der Waals surface area contributed by atoms with E-state index < -0.39 is 0 Å². The third-order valence-corrected chi connectivity index (χ3v) is 3.21. The average molecular weight is 191 g/mol. The van der Waals surface area contributed by atoms with Crippen molar-refractivity contribution in [3.63, 3.8) is 0 Å². The molecule has 2 aliphatic rings. The number of allylic oxidation sites excluding steroid dienone is 3. The minimum Gasteiger partial charge on any atom is -0.372 e. The Morgan fingerprint density at radius 1 is 1.21 bits per heavy atom.